The lowest BCUT2D eigenvalue weighted by molar-refractivity contribution is 0.312. The van der Waals surface area contributed by atoms with E-state index >= 15 is 0 Å². The zero-order chi connectivity index (χ0) is 19.2. The molecule has 148 valence electrons. The highest BCUT2D eigenvalue weighted by Gasteiger charge is 2.24. The Morgan fingerprint density at radius 1 is 1.14 bits per heavy atom. The number of hydrogen-bond acceptors (Lipinski definition) is 7. The predicted molar refractivity (Wildman–Crippen MR) is 107 cm³/mol. The molecule has 2 N–H and O–H groups in total. The maximum atomic E-state index is 5.73. The second-order valence-corrected chi connectivity index (χ2v) is 6.80. The summed E-state index contributed by atoms with van der Waals surface area (Å²) in [4.78, 5) is 9.02. The third kappa shape index (κ3) is 4.23. The Morgan fingerprint density at radius 3 is 2.75 bits per heavy atom. The summed E-state index contributed by atoms with van der Waals surface area (Å²) in [5.41, 5.74) is 2.86. The van der Waals surface area contributed by atoms with Crippen molar-refractivity contribution in [3.63, 3.8) is 0 Å². The molecule has 3 heterocycles. The molecule has 1 aliphatic heterocycles. The molecular formula is C20H26N6O2. The van der Waals surface area contributed by atoms with Gasteiger partial charge in [-0.3, -0.25) is 0 Å². The lowest BCUT2D eigenvalue weighted by Gasteiger charge is -2.08. The van der Waals surface area contributed by atoms with Crippen LogP contribution in [-0.4, -0.2) is 59.6 Å². The van der Waals surface area contributed by atoms with Crippen LogP contribution < -0.4 is 20.1 Å². The number of fused-ring (bicyclic) bond motifs is 1. The number of hydrogen-bond donors (Lipinski definition) is 2. The van der Waals surface area contributed by atoms with Crippen molar-refractivity contribution in [2.24, 2.45) is 0 Å². The molecule has 1 atom stereocenters. The first-order valence-corrected chi connectivity index (χ1v) is 9.71. The molecule has 4 rings (SSSR count). The highest BCUT2D eigenvalue weighted by Crippen LogP contribution is 2.26. The van der Waals surface area contributed by atoms with E-state index in [2.05, 4.69) is 20.6 Å². The zero-order valence-corrected chi connectivity index (χ0v) is 16.1. The average Bonchev–Trinajstić information content (AvgIpc) is 3.39. The molecule has 0 spiro atoms. The highest BCUT2D eigenvalue weighted by atomic mass is 16.5. The van der Waals surface area contributed by atoms with Crippen molar-refractivity contribution in [2.75, 3.05) is 39.9 Å². The van der Waals surface area contributed by atoms with Crippen LogP contribution in [0.4, 0.5) is 0 Å². The molecule has 0 unspecified atom stereocenters. The first kappa shape index (κ1) is 18.6. The second-order valence-electron chi connectivity index (χ2n) is 6.80. The predicted octanol–water partition coefficient (Wildman–Crippen LogP) is 1.58. The van der Waals surface area contributed by atoms with Crippen LogP contribution in [0.15, 0.2) is 36.7 Å². The van der Waals surface area contributed by atoms with Crippen molar-refractivity contribution >= 4 is 11.2 Å². The molecule has 1 fully saturated rings. The summed E-state index contributed by atoms with van der Waals surface area (Å²) >= 11 is 0. The number of ether oxygens (including phenoxy) is 2. The summed E-state index contributed by atoms with van der Waals surface area (Å²) in [6.07, 6.45) is 4.58. The van der Waals surface area contributed by atoms with Gasteiger partial charge in [0.15, 0.2) is 5.65 Å². The first-order chi connectivity index (χ1) is 13.8. The van der Waals surface area contributed by atoms with Crippen molar-refractivity contribution in [1.82, 2.24) is 30.4 Å². The van der Waals surface area contributed by atoms with Gasteiger partial charge in [-0.1, -0.05) is 0 Å². The van der Waals surface area contributed by atoms with E-state index in [0.717, 1.165) is 67.5 Å². The third-order valence-electron chi connectivity index (χ3n) is 4.95. The van der Waals surface area contributed by atoms with E-state index in [1.165, 1.54) is 0 Å². The van der Waals surface area contributed by atoms with Gasteiger partial charge in [-0.25, -0.2) is 14.6 Å². The highest BCUT2D eigenvalue weighted by molar-refractivity contribution is 5.73. The first-order valence-electron chi connectivity index (χ1n) is 9.71. The molecule has 0 aliphatic carbocycles. The molecule has 0 saturated carbocycles. The topological polar surface area (TPSA) is 86.1 Å². The van der Waals surface area contributed by atoms with Crippen molar-refractivity contribution in [3.05, 3.63) is 42.4 Å². The Balaban J connectivity index is 1.27. The van der Waals surface area contributed by atoms with E-state index in [1.807, 2.05) is 28.9 Å². The van der Waals surface area contributed by atoms with Gasteiger partial charge in [0.1, 0.15) is 23.6 Å². The normalized spacial score (nSPS) is 16.5. The molecule has 3 aromatic rings. The molecule has 2 aromatic heterocycles. The smallest absolute Gasteiger partial charge is 0.177 e. The third-order valence-corrected chi connectivity index (χ3v) is 4.95. The number of nitrogens with zero attached hydrogens (tertiary/aromatic N) is 4. The average molecular weight is 382 g/mol. The summed E-state index contributed by atoms with van der Waals surface area (Å²) in [6.45, 7) is 4.90. The van der Waals surface area contributed by atoms with Gasteiger partial charge in [-0.2, -0.15) is 5.10 Å². The molecular weight excluding hydrogens is 356 g/mol. The number of methoxy groups -OCH3 is 1. The van der Waals surface area contributed by atoms with Crippen molar-refractivity contribution in [2.45, 2.75) is 18.9 Å². The van der Waals surface area contributed by atoms with Crippen LogP contribution in [0.3, 0.4) is 0 Å². The number of benzene rings is 1. The maximum absolute atomic E-state index is 5.73. The Hall–Kier alpha value is -2.71. The minimum atomic E-state index is 0.423. The van der Waals surface area contributed by atoms with Gasteiger partial charge in [0, 0.05) is 37.9 Å². The molecule has 1 aliphatic rings. The van der Waals surface area contributed by atoms with E-state index < -0.39 is 0 Å². The molecule has 28 heavy (non-hydrogen) atoms. The molecule has 0 bridgehead atoms. The van der Waals surface area contributed by atoms with Gasteiger partial charge in [0.25, 0.3) is 0 Å². The number of nitrogens with one attached hydrogen (secondary N) is 2. The Kier molecular flexibility index (Phi) is 5.98. The Bertz CT molecular complexity index is 889. The minimum Gasteiger partial charge on any atom is -0.497 e. The quantitative estimate of drug-likeness (QED) is 0.544. The summed E-state index contributed by atoms with van der Waals surface area (Å²) in [7, 11) is 1.65. The van der Waals surface area contributed by atoms with E-state index in [1.54, 1.807) is 19.5 Å². The summed E-state index contributed by atoms with van der Waals surface area (Å²) in [5, 5.41) is 11.6. The van der Waals surface area contributed by atoms with E-state index in [4.69, 9.17) is 14.6 Å². The van der Waals surface area contributed by atoms with Crippen LogP contribution in [0, 0.1) is 0 Å². The molecule has 8 nitrogen and oxygen atoms in total. The summed E-state index contributed by atoms with van der Waals surface area (Å²) < 4.78 is 12.8. The van der Waals surface area contributed by atoms with Crippen molar-refractivity contribution < 1.29 is 9.47 Å². The van der Waals surface area contributed by atoms with Crippen LogP contribution in [0.2, 0.25) is 0 Å². The monoisotopic (exact) mass is 382 g/mol. The van der Waals surface area contributed by atoms with Gasteiger partial charge in [-0.05, 0) is 37.2 Å². The number of aromatic nitrogens is 4. The Morgan fingerprint density at radius 2 is 1.96 bits per heavy atom. The van der Waals surface area contributed by atoms with Gasteiger partial charge < -0.3 is 20.1 Å². The zero-order valence-electron chi connectivity index (χ0n) is 16.1. The minimum absolute atomic E-state index is 0.423. The lowest BCUT2D eigenvalue weighted by Crippen LogP contribution is -2.25. The van der Waals surface area contributed by atoms with Gasteiger partial charge in [-0.15, -0.1) is 0 Å². The van der Waals surface area contributed by atoms with Gasteiger partial charge in [0.2, 0.25) is 0 Å². The van der Waals surface area contributed by atoms with Crippen LogP contribution in [0.1, 0.15) is 18.0 Å². The van der Waals surface area contributed by atoms with E-state index in [9.17, 15) is 0 Å². The van der Waals surface area contributed by atoms with Crippen molar-refractivity contribution in [3.8, 4) is 11.5 Å². The summed E-state index contributed by atoms with van der Waals surface area (Å²) in [5.74, 6) is 2.09. The lowest BCUT2D eigenvalue weighted by atomic mass is 10.0. The molecule has 1 saturated heterocycles. The molecule has 0 radical (unpaired) electrons. The maximum Gasteiger partial charge on any atom is 0.177 e. The Labute approximate surface area is 164 Å². The van der Waals surface area contributed by atoms with Crippen LogP contribution in [0.5, 0.6) is 11.5 Å². The van der Waals surface area contributed by atoms with E-state index in [0.29, 0.717) is 12.5 Å². The fourth-order valence-electron chi connectivity index (χ4n) is 3.47. The SMILES string of the molecule is COc1ccc(OCCNCCn2nc([C@@H]3CCNC3)c3nccnc32)cc1. The molecule has 8 heteroatoms. The van der Waals surface area contributed by atoms with Crippen LogP contribution in [-0.2, 0) is 6.54 Å². The number of rotatable bonds is 9. The van der Waals surface area contributed by atoms with E-state index in [-0.39, 0.29) is 0 Å². The van der Waals surface area contributed by atoms with Crippen molar-refractivity contribution in [1.29, 1.82) is 0 Å². The largest absolute Gasteiger partial charge is 0.497 e. The molecule has 1 aromatic carbocycles. The molecule has 0 amide bonds. The fraction of sp³-hybridized carbons (Fsp3) is 0.450. The van der Waals surface area contributed by atoms with Gasteiger partial charge >= 0.3 is 0 Å². The van der Waals surface area contributed by atoms with Crippen LogP contribution >= 0.6 is 0 Å². The van der Waals surface area contributed by atoms with Gasteiger partial charge in [0.05, 0.1) is 19.3 Å². The second kappa shape index (κ2) is 8.99. The fourth-order valence-corrected chi connectivity index (χ4v) is 3.47. The standard InChI is InChI=1S/C20H26N6O2/c1-27-16-2-4-17(5-3-16)28-13-11-21-10-12-26-20-19(23-8-9-24-20)18(25-26)15-6-7-22-14-15/h2-5,8-9,15,21-22H,6-7,10-14H2,1H3/t15-/m1/s1. The summed E-state index contributed by atoms with van der Waals surface area (Å²) in [6, 6.07) is 7.60. The van der Waals surface area contributed by atoms with Crippen LogP contribution in [0.25, 0.3) is 11.2 Å².